The van der Waals surface area contributed by atoms with Gasteiger partial charge < -0.3 is 10.1 Å². The Balaban J connectivity index is 1.31. The first-order chi connectivity index (χ1) is 17.4. The fourth-order valence-electron chi connectivity index (χ4n) is 3.46. The molecule has 0 atom stereocenters. The van der Waals surface area contributed by atoms with Crippen molar-refractivity contribution in [3.63, 3.8) is 0 Å². The molecule has 0 aliphatic carbocycles. The number of nitrogens with one attached hydrogen (secondary N) is 1. The number of carbonyl (C=O) groups is 1. The van der Waals surface area contributed by atoms with Crippen molar-refractivity contribution >= 4 is 17.2 Å². The highest BCUT2D eigenvalue weighted by atomic mass is 19.4. The number of rotatable bonds is 6. The maximum absolute atomic E-state index is 12.9. The Bertz CT molecular complexity index is 1540. The second-order valence-corrected chi connectivity index (χ2v) is 7.67. The molecule has 0 saturated carbocycles. The van der Waals surface area contributed by atoms with Crippen LogP contribution in [0.1, 0.15) is 5.56 Å². The van der Waals surface area contributed by atoms with Crippen LogP contribution in [0.15, 0.2) is 85.1 Å². The normalized spacial score (nSPS) is 11.4. The number of hydrogen-bond acceptors (Lipinski definition) is 6. The molecular weight excluding hydrogens is 473 g/mol. The third kappa shape index (κ3) is 4.99. The molecule has 2 aromatic carbocycles. The second kappa shape index (κ2) is 9.45. The van der Waals surface area contributed by atoms with Crippen LogP contribution >= 0.6 is 0 Å². The van der Waals surface area contributed by atoms with E-state index in [9.17, 15) is 18.0 Å². The zero-order chi connectivity index (χ0) is 25.1. The zero-order valence-electron chi connectivity index (χ0n) is 18.5. The van der Waals surface area contributed by atoms with Gasteiger partial charge in [-0.2, -0.15) is 22.8 Å². The highest BCUT2D eigenvalue weighted by Crippen LogP contribution is 2.31. The summed E-state index contributed by atoms with van der Waals surface area (Å²) in [7, 11) is 0. The van der Waals surface area contributed by atoms with Gasteiger partial charge in [-0.05, 0) is 54.6 Å². The number of anilines is 1. The molecule has 1 N–H and O–H groups in total. The van der Waals surface area contributed by atoms with Crippen LogP contribution in [0.3, 0.4) is 0 Å². The Hall–Kier alpha value is -4.80. The predicted octanol–water partition coefficient (Wildman–Crippen LogP) is 4.89. The summed E-state index contributed by atoms with van der Waals surface area (Å²) in [5, 5.41) is 15.6. The Labute approximate surface area is 202 Å². The molecule has 0 fully saturated rings. The Morgan fingerprint density at radius 1 is 0.917 bits per heavy atom. The van der Waals surface area contributed by atoms with E-state index >= 15 is 0 Å². The first-order valence-electron chi connectivity index (χ1n) is 10.7. The van der Waals surface area contributed by atoms with E-state index in [-0.39, 0.29) is 5.75 Å². The summed E-state index contributed by atoms with van der Waals surface area (Å²) in [5.41, 5.74) is 2.12. The number of hydrogen-bond donors (Lipinski definition) is 1. The maximum Gasteiger partial charge on any atom is 0.416 e. The lowest BCUT2D eigenvalue weighted by Crippen LogP contribution is -2.20. The average Bonchev–Trinajstić information content (AvgIpc) is 3.31. The highest BCUT2D eigenvalue weighted by Gasteiger charge is 2.30. The van der Waals surface area contributed by atoms with E-state index in [0.717, 1.165) is 12.1 Å². The lowest BCUT2D eigenvalue weighted by molar-refractivity contribution is -0.137. The van der Waals surface area contributed by atoms with Crippen molar-refractivity contribution in [2.45, 2.75) is 6.18 Å². The van der Waals surface area contributed by atoms with E-state index in [0.29, 0.717) is 34.1 Å². The third-order valence-corrected chi connectivity index (χ3v) is 5.13. The van der Waals surface area contributed by atoms with Crippen LogP contribution in [0.5, 0.6) is 5.75 Å². The Kier molecular flexibility index (Phi) is 6.03. The molecule has 11 heteroatoms. The maximum atomic E-state index is 12.9. The van der Waals surface area contributed by atoms with Gasteiger partial charge in [0.2, 0.25) is 5.82 Å². The predicted molar refractivity (Wildman–Crippen MR) is 125 cm³/mol. The van der Waals surface area contributed by atoms with Crippen LogP contribution in [0.4, 0.5) is 18.9 Å². The summed E-state index contributed by atoms with van der Waals surface area (Å²) in [6, 6.07) is 20.3. The highest BCUT2D eigenvalue weighted by molar-refractivity contribution is 5.92. The van der Waals surface area contributed by atoms with Gasteiger partial charge in [-0.15, -0.1) is 10.2 Å². The largest absolute Gasteiger partial charge is 0.484 e. The van der Waals surface area contributed by atoms with Gasteiger partial charge in [-0.3, -0.25) is 9.78 Å². The lowest BCUT2D eigenvalue weighted by atomic mass is 10.1. The quantitative estimate of drug-likeness (QED) is 0.364. The van der Waals surface area contributed by atoms with Crippen molar-refractivity contribution in [2.24, 2.45) is 0 Å². The number of benzene rings is 2. The molecule has 0 radical (unpaired) electrons. The number of pyridine rings is 1. The fourth-order valence-corrected chi connectivity index (χ4v) is 3.46. The smallest absolute Gasteiger partial charge is 0.416 e. The monoisotopic (exact) mass is 490 g/mol. The van der Waals surface area contributed by atoms with Gasteiger partial charge in [-0.25, -0.2) is 0 Å². The summed E-state index contributed by atoms with van der Waals surface area (Å²) < 4.78 is 45.4. The zero-order valence-corrected chi connectivity index (χ0v) is 18.5. The summed E-state index contributed by atoms with van der Waals surface area (Å²) in [6.45, 7) is -0.454. The van der Waals surface area contributed by atoms with Gasteiger partial charge >= 0.3 is 6.18 Å². The summed E-state index contributed by atoms with van der Waals surface area (Å²) in [6.07, 6.45) is -2.84. The Morgan fingerprint density at radius 2 is 1.78 bits per heavy atom. The number of carbonyl (C=O) groups excluding carboxylic acids is 1. The van der Waals surface area contributed by atoms with E-state index < -0.39 is 24.3 Å². The number of halogens is 3. The molecule has 0 aliphatic heterocycles. The van der Waals surface area contributed by atoms with Crippen LogP contribution in [0.2, 0.25) is 0 Å². The van der Waals surface area contributed by atoms with Crippen LogP contribution in [0.25, 0.3) is 28.4 Å². The van der Waals surface area contributed by atoms with Gasteiger partial charge in [0.1, 0.15) is 11.4 Å². The number of amides is 1. The SMILES string of the molecule is O=C(COc1cccc(C(F)(F)F)c1)Nc1cccc(-c2ccc3nnc(-c4ccccn4)n3n2)c1. The minimum atomic E-state index is -4.50. The number of nitrogens with zero attached hydrogens (tertiary/aromatic N) is 5. The van der Waals surface area contributed by atoms with Crippen molar-refractivity contribution < 1.29 is 22.7 Å². The van der Waals surface area contributed by atoms with Crippen molar-refractivity contribution in [1.29, 1.82) is 0 Å². The van der Waals surface area contributed by atoms with Crippen LogP contribution in [0, 0.1) is 0 Å². The molecule has 5 aromatic rings. The summed E-state index contributed by atoms with van der Waals surface area (Å²) in [4.78, 5) is 16.7. The molecular formula is C25H17F3N6O2. The lowest BCUT2D eigenvalue weighted by Gasteiger charge is -2.11. The molecule has 0 spiro atoms. The average molecular weight is 490 g/mol. The van der Waals surface area contributed by atoms with Crippen LogP contribution < -0.4 is 10.1 Å². The van der Waals surface area contributed by atoms with E-state index in [1.54, 1.807) is 47.1 Å². The van der Waals surface area contributed by atoms with Gasteiger partial charge in [0.25, 0.3) is 5.91 Å². The van der Waals surface area contributed by atoms with E-state index in [4.69, 9.17) is 4.74 Å². The standard InChI is InChI=1S/C25H17F3N6O2/c26-25(27,28)17-6-4-8-19(14-17)36-15-23(35)30-18-7-3-5-16(13-18)20-10-11-22-31-32-24(34(22)33-20)21-9-1-2-12-29-21/h1-14H,15H2,(H,30,35). The molecule has 36 heavy (non-hydrogen) atoms. The molecule has 3 aromatic heterocycles. The third-order valence-electron chi connectivity index (χ3n) is 5.13. The topological polar surface area (TPSA) is 94.3 Å². The molecule has 1 amide bonds. The van der Waals surface area contributed by atoms with Crippen LogP contribution in [-0.4, -0.2) is 37.3 Å². The molecule has 5 rings (SSSR count). The van der Waals surface area contributed by atoms with Gasteiger partial charge in [0.05, 0.1) is 11.3 Å². The van der Waals surface area contributed by atoms with Gasteiger partial charge in [0.15, 0.2) is 12.3 Å². The number of ether oxygens (including phenoxy) is 1. The van der Waals surface area contributed by atoms with Crippen molar-refractivity contribution in [2.75, 3.05) is 11.9 Å². The molecule has 3 heterocycles. The fraction of sp³-hybridized carbons (Fsp3) is 0.0800. The molecule has 0 bridgehead atoms. The summed E-state index contributed by atoms with van der Waals surface area (Å²) in [5.74, 6) is -0.0863. The summed E-state index contributed by atoms with van der Waals surface area (Å²) >= 11 is 0. The van der Waals surface area contributed by atoms with Crippen LogP contribution in [-0.2, 0) is 11.0 Å². The number of alkyl halides is 3. The first-order valence-corrected chi connectivity index (χ1v) is 10.7. The van der Waals surface area contributed by atoms with Crippen molar-refractivity contribution in [3.8, 4) is 28.5 Å². The minimum Gasteiger partial charge on any atom is -0.484 e. The molecule has 0 aliphatic rings. The minimum absolute atomic E-state index is 0.0520. The number of aromatic nitrogens is 5. The molecule has 0 saturated heterocycles. The van der Waals surface area contributed by atoms with E-state index in [1.807, 2.05) is 18.2 Å². The molecule has 0 unspecified atom stereocenters. The van der Waals surface area contributed by atoms with Gasteiger partial charge in [0, 0.05) is 17.4 Å². The number of fused-ring (bicyclic) bond motifs is 1. The van der Waals surface area contributed by atoms with Gasteiger partial charge in [-0.1, -0.05) is 24.3 Å². The van der Waals surface area contributed by atoms with Crippen molar-refractivity contribution in [1.82, 2.24) is 24.8 Å². The van der Waals surface area contributed by atoms with E-state index in [1.165, 1.54) is 12.1 Å². The first kappa shape index (κ1) is 23.0. The van der Waals surface area contributed by atoms with Crippen molar-refractivity contribution in [3.05, 3.63) is 90.6 Å². The molecule has 180 valence electrons. The van der Waals surface area contributed by atoms with E-state index in [2.05, 4.69) is 25.6 Å². The Morgan fingerprint density at radius 3 is 2.58 bits per heavy atom. The molecule has 8 nitrogen and oxygen atoms in total. The second-order valence-electron chi connectivity index (χ2n) is 7.67.